The van der Waals surface area contributed by atoms with Crippen LogP contribution < -0.4 is 5.32 Å². The quantitative estimate of drug-likeness (QED) is 0.857. The number of para-hydroxylation sites is 1. The van der Waals surface area contributed by atoms with Crippen LogP contribution in [0, 0.1) is 5.92 Å². The minimum atomic E-state index is -3.20. The molecule has 0 aromatic heterocycles. The number of nitrogens with one attached hydrogen (secondary N) is 1. The van der Waals surface area contributed by atoms with E-state index in [-0.39, 0.29) is 6.04 Å². The van der Waals surface area contributed by atoms with Crippen molar-refractivity contribution in [3.63, 3.8) is 0 Å². The summed E-state index contributed by atoms with van der Waals surface area (Å²) in [5, 5.41) is 3.31. The topological polar surface area (TPSA) is 55.4 Å². The van der Waals surface area contributed by atoms with Crippen LogP contribution in [-0.4, -0.2) is 34.4 Å². The summed E-state index contributed by atoms with van der Waals surface area (Å²) < 4.78 is 28.6. The normalized spacial score (nSPS) is 17.4. The second kappa shape index (κ2) is 5.28. The second-order valence-electron chi connectivity index (χ2n) is 4.81. The SMILES string of the molecule is COCC(Nc1ccccc1S(C)(=O)=O)C1CC1. The molecule has 1 saturated carbocycles. The molecular weight excluding hydrogens is 250 g/mol. The van der Waals surface area contributed by atoms with E-state index in [1.807, 2.05) is 6.07 Å². The standard InChI is InChI=1S/C13H19NO3S/c1-17-9-12(10-7-8-10)14-11-5-3-4-6-13(11)18(2,15)16/h3-6,10,12,14H,7-9H2,1-2H3. The lowest BCUT2D eigenvalue weighted by molar-refractivity contribution is 0.179. The molecule has 5 heteroatoms. The van der Waals surface area contributed by atoms with Crippen molar-refractivity contribution in [1.82, 2.24) is 0 Å². The molecule has 0 amide bonds. The number of methoxy groups -OCH3 is 1. The first kappa shape index (κ1) is 13.4. The van der Waals surface area contributed by atoms with E-state index < -0.39 is 9.84 Å². The van der Waals surface area contributed by atoms with E-state index in [9.17, 15) is 8.42 Å². The number of benzene rings is 1. The van der Waals surface area contributed by atoms with Crippen LogP contribution in [0.5, 0.6) is 0 Å². The van der Waals surface area contributed by atoms with Crippen molar-refractivity contribution in [2.45, 2.75) is 23.8 Å². The number of rotatable bonds is 6. The maximum atomic E-state index is 11.7. The molecule has 0 aliphatic heterocycles. The number of ether oxygens (including phenoxy) is 1. The highest BCUT2D eigenvalue weighted by Gasteiger charge is 2.31. The number of hydrogen-bond donors (Lipinski definition) is 1. The molecule has 1 N–H and O–H groups in total. The molecule has 1 aromatic rings. The van der Waals surface area contributed by atoms with Gasteiger partial charge in [-0.25, -0.2) is 8.42 Å². The summed E-state index contributed by atoms with van der Waals surface area (Å²) in [5.41, 5.74) is 0.675. The van der Waals surface area contributed by atoms with E-state index in [0.717, 1.165) is 0 Å². The Bertz CT molecular complexity index is 509. The molecule has 0 heterocycles. The van der Waals surface area contributed by atoms with E-state index in [1.54, 1.807) is 25.3 Å². The van der Waals surface area contributed by atoms with Gasteiger partial charge in [0.15, 0.2) is 9.84 Å². The fourth-order valence-electron chi connectivity index (χ4n) is 2.08. The van der Waals surface area contributed by atoms with Gasteiger partial charge in [0.25, 0.3) is 0 Å². The average Bonchev–Trinajstić information content (AvgIpc) is 3.11. The highest BCUT2D eigenvalue weighted by Crippen LogP contribution is 2.35. The molecule has 4 nitrogen and oxygen atoms in total. The maximum absolute atomic E-state index is 11.7. The molecule has 0 spiro atoms. The smallest absolute Gasteiger partial charge is 0.177 e. The molecular formula is C13H19NO3S. The largest absolute Gasteiger partial charge is 0.383 e. The summed E-state index contributed by atoms with van der Waals surface area (Å²) in [5.74, 6) is 0.595. The summed E-state index contributed by atoms with van der Waals surface area (Å²) in [6.45, 7) is 0.600. The lowest BCUT2D eigenvalue weighted by Crippen LogP contribution is -2.27. The van der Waals surface area contributed by atoms with Gasteiger partial charge < -0.3 is 10.1 Å². The van der Waals surface area contributed by atoms with Gasteiger partial charge in [-0.2, -0.15) is 0 Å². The van der Waals surface area contributed by atoms with Crippen LogP contribution in [0.3, 0.4) is 0 Å². The lowest BCUT2D eigenvalue weighted by atomic mass is 10.2. The van der Waals surface area contributed by atoms with Crippen LogP contribution in [0.2, 0.25) is 0 Å². The van der Waals surface area contributed by atoms with E-state index in [0.29, 0.717) is 23.1 Å². The zero-order valence-electron chi connectivity index (χ0n) is 10.7. The Hall–Kier alpha value is -1.07. The summed E-state index contributed by atoms with van der Waals surface area (Å²) in [6, 6.07) is 7.21. The first-order valence-corrected chi connectivity index (χ1v) is 7.96. The van der Waals surface area contributed by atoms with Crippen molar-refractivity contribution in [3.8, 4) is 0 Å². The van der Waals surface area contributed by atoms with Crippen molar-refractivity contribution in [1.29, 1.82) is 0 Å². The molecule has 1 aromatic carbocycles. The molecule has 1 fully saturated rings. The van der Waals surface area contributed by atoms with Gasteiger partial charge in [0.2, 0.25) is 0 Å². The average molecular weight is 269 g/mol. The molecule has 1 atom stereocenters. The summed E-state index contributed by atoms with van der Waals surface area (Å²) in [6.07, 6.45) is 3.60. The Kier molecular flexibility index (Phi) is 3.92. The molecule has 100 valence electrons. The molecule has 18 heavy (non-hydrogen) atoms. The van der Waals surface area contributed by atoms with Crippen LogP contribution in [-0.2, 0) is 14.6 Å². The predicted molar refractivity (Wildman–Crippen MR) is 71.6 cm³/mol. The van der Waals surface area contributed by atoms with Crippen LogP contribution in [0.25, 0.3) is 0 Å². The zero-order valence-corrected chi connectivity index (χ0v) is 11.5. The summed E-state index contributed by atoms with van der Waals surface area (Å²) >= 11 is 0. The van der Waals surface area contributed by atoms with Crippen LogP contribution >= 0.6 is 0 Å². The highest BCUT2D eigenvalue weighted by atomic mass is 32.2. The van der Waals surface area contributed by atoms with Crippen molar-refractivity contribution < 1.29 is 13.2 Å². The fraction of sp³-hybridized carbons (Fsp3) is 0.538. The molecule has 0 saturated heterocycles. The molecule has 1 unspecified atom stereocenters. The predicted octanol–water partition coefficient (Wildman–Crippen LogP) is 1.93. The number of sulfone groups is 1. The van der Waals surface area contributed by atoms with Gasteiger partial charge in [-0.1, -0.05) is 12.1 Å². The van der Waals surface area contributed by atoms with Crippen molar-refractivity contribution in [2.24, 2.45) is 5.92 Å². The Labute approximate surface area is 108 Å². The van der Waals surface area contributed by atoms with Gasteiger partial charge in [0, 0.05) is 13.4 Å². The number of hydrogen-bond acceptors (Lipinski definition) is 4. The van der Waals surface area contributed by atoms with Gasteiger partial charge in [0.05, 0.1) is 23.2 Å². The van der Waals surface area contributed by atoms with E-state index >= 15 is 0 Å². The summed E-state index contributed by atoms with van der Waals surface area (Å²) in [4.78, 5) is 0.353. The second-order valence-corrected chi connectivity index (χ2v) is 6.80. The van der Waals surface area contributed by atoms with Crippen LogP contribution in [0.15, 0.2) is 29.2 Å². The first-order chi connectivity index (χ1) is 8.52. The van der Waals surface area contributed by atoms with Gasteiger partial charge in [-0.15, -0.1) is 0 Å². The van der Waals surface area contributed by atoms with Gasteiger partial charge in [0.1, 0.15) is 0 Å². The zero-order chi connectivity index (χ0) is 13.2. The van der Waals surface area contributed by atoms with Crippen LogP contribution in [0.4, 0.5) is 5.69 Å². The third-order valence-corrected chi connectivity index (χ3v) is 4.32. The van der Waals surface area contributed by atoms with E-state index in [4.69, 9.17) is 4.74 Å². The monoisotopic (exact) mass is 269 g/mol. The first-order valence-electron chi connectivity index (χ1n) is 6.07. The minimum Gasteiger partial charge on any atom is -0.383 e. The highest BCUT2D eigenvalue weighted by molar-refractivity contribution is 7.90. The Morgan fingerprint density at radius 3 is 2.61 bits per heavy atom. The number of anilines is 1. The van der Waals surface area contributed by atoms with Gasteiger partial charge in [-0.05, 0) is 30.9 Å². The maximum Gasteiger partial charge on any atom is 0.177 e. The third kappa shape index (κ3) is 3.23. The molecule has 2 rings (SSSR count). The van der Waals surface area contributed by atoms with Crippen molar-refractivity contribution in [3.05, 3.63) is 24.3 Å². The Balaban J connectivity index is 2.22. The van der Waals surface area contributed by atoms with Gasteiger partial charge in [-0.3, -0.25) is 0 Å². The third-order valence-electron chi connectivity index (χ3n) is 3.16. The fourth-order valence-corrected chi connectivity index (χ4v) is 2.93. The Morgan fingerprint density at radius 2 is 2.06 bits per heavy atom. The minimum absolute atomic E-state index is 0.192. The summed E-state index contributed by atoms with van der Waals surface area (Å²) in [7, 11) is -1.54. The van der Waals surface area contributed by atoms with E-state index in [2.05, 4.69) is 5.32 Å². The Morgan fingerprint density at radius 1 is 1.39 bits per heavy atom. The lowest BCUT2D eigenvalue weighted by Gasteiger charge is -2.20. The van der Waals surface area contributed by atoms with Crippen molar-refractivity contribution >= 4 is 15.5 Å². The molecule has 0 bridgehead atoms. The molecule has 0 radical (unpaired) electrons. The van der Waals surface area contributed by atoms with Gasteiger partial charge >= 0.3 is 0 Å². The van der Waals surface area contributed by atoms with Crippen molar-refractivity contribution in [2.75, 3.05) is 25.3 Å². The molecule has 1 aliphatic rings. The van der Waals surface area contributed by atoms with Crippen LogP contribution in [0.1, 0.15) is 12.8 Å². The molecule has 1 aliphatic carbocycles. The van der Waals surface area contributed by atoms with E-state index in [1.165, 1.54) is 19.1 Å².